The highest BCUT2D eigenvalue weighted by atomic mass is 16.4. The van der Waals surface area contributed by atoms with E-state index in [-0.39, 0.29) is 18.0 Å². The Morgan fingerprint density at radius 1 is 0.544 bits per heavy atom. The number of aromatic nitrogens is 4. The molecule has 0 aliphatic carbocycles. The van der Waals surface area contributed by atoms with Crippen LogP contribution in [0.15, 0.2) is 85.2 Å². The van der Waals surface area contributed by atoms with Crippen molar-refractivity contribution in [3.8, 4) is 22.5 Å². The van der Waals surface area contributed by atoms with Crippen molar-refractivity contribution in [2.24, 2.45) is 0 Å². The van der Waals surface area contributed by atoms with Gasteiger partial charge in [-0.05, 0) is 51.0 Å². The van der Waals surface area contributed by atoms with E-state index in [9.17, 15) is 19.2 Å². The number of fused-ring (bicyclic) bond motifs is 2. The average Bonchev–Trinajstić information content (AvgIpc) is 3.69. The summed E-state index contributed by atoms with van der Waals surface area (Å²) in [6.45, 7) is 8.21. The summed E-state index contributed by atoms with van der Waals surface area (Å²) in [5.41, 5.74) is 12.2. The zero-order chi connectivity index (χ0) is 41.4. The number of aryl methyl sites for hydroxylation is 4. The van der Waals surface area contributed by atoms with Gasteiger partial charge >= 0.3 is 11.9 Å². The van der Waals surface area contributed by atoms with Crippen molar-refractivity contribution in [2.75, 3.05) is 28.2 Å². The van der Waals surface area contributed by atoms with Gasteiger partial charge in [-0.1, -0.05) is 71.8 Å². The van der Waals surface area contributed by atoms with Crippen LogP contribution in [0, 0.1) is 27.7 Å². The Morgan fingerprint density at radius 3 is 1.12 bits per heavy atom. The third kappa shape index (κ3) is 11.3. The zero-order valence-electron chi connectivity index (χ0n) is 33.5. The molecule has 0 fully saturated rings. The Bertz CT molecular complexity index is 2180. The molecule has 0 aliphatic rings. The molecule has 0 bridgehead atoms. The Balaban J connectivity index is 0.000000245. The molecule has 2 aromatic carbocycles. The number of aliphatic carboxylic acids is 2. The highest BCUT2D eigenvalue weighted by molar-refractivity contribution is 5.83. The first-order valence-electron chi connectivity index (χ1n) is 17.7. The predicted octanol–water partition coefficient (Wildman–Crippen LogP) is 4.54. The molecule has 57 heavy (non-hydrogen) atoms. The number of likely N-dealkylation sites (N-methyl/N-ethyl adjacent to an activating group) is 2. The number of carboxylic acids is 2. The number of benzene rings is 2. The number of aliphatic hydroxyl groups excluding tert-OH is 2. The minimum absolute atomic E-state index is 0. The summed E-state index contributed by atoms with van der Waals surface area (Å²) in [4.78, 5) is 56.8. The summed E-state index contributed by atoms with van der Waals surface area (Å²) < 4.78 is 4.07. The van der Waals surface area contributed by atoms with Crippen LogP contribution < -0.4 is 6.15 Å². The normalized spacial score (nSPS) is 11.6. The van der Waals surface area contributed by atoms with Crippen molar-refractivity contribution in [1.29, 1.82) is 0 Å². The second kappa shape index (κ2) is 19.4. The van der Waals surface area contributed by atoms with E-state index in [1.54, 1.807) is 38.0 Å². The van der Waals surface area contributed by atoms with E-state index in [1.807, 2.05) is 59.3 Å². The average molecular weight is 782 g/mol. The van der Waals surface area contributed by atoms with Crippen molar-refractivity contribution in [3.63, 3.8) is 0 Å². The van der Waals surface area contributed by atoms with Crippen LogP contribution in [0.1, 0.15) is 33.6 Å². The Morgan fingerprint density at radius 2 is 0.842 bits per heavy atom. The fourth-order valence-electron chi connectivity index (χ4n) is 5.49. The third-order valence-corrected chi connectivity index (χ3v) is 8.82. The molecule has 0 saturated carbocycles. The van der Waals surface area contributed by atoms with Gasteiger partial charge in [-0.25, -0.2) is 19.6 Å². The lowest BCUT2D eigenvalue weighted by Gasteiger charge is -2.11. The first-order chi connectivity index (χ1) is 26.4. The number of carbonyl (C=O) groups is 4. The van der Waals surface area contributed by atoms with Gasteiger partial charge in [0.1, 0.15) is 11.3 Å². The molecule has 6 rings (SSSR count). The van der Waals surface area contributed by atoms with Crippen LogP contribution in [0.25, 0.3) is 33.8 Å². The minimum Gasteiger partial charge on any atom is -0.479 e. The highest BCUT2D eigenvalue weighted by Gasteiger charge is 2.29. The van der Waals surface area contributed by atoms with E-state index in [1.165, 1.54) is 11.1 Å². The molecule has 2 amide bonds. The van der Waals surface area contributed by atoms with Crippen molar-refractivity contribution < 1.29 is 39.6 Å². The van der Waals surface area contributed by atoms with Crippen molar-refractivity contribution in [1.82, 2.24) is 34.7 Å². The SMILES string of the molecule is Cc1ccc(-c2nc3ccc(C)cn3c2CC(=O)N(C)C)cc1.Cc1ccc(-c2nc3ccc(C)cn3c2CC(=O)N(C)C)cc1.N.O=C(O)C(O)C(O)C(=O)O. The fraction of sp³-hybridized carbons (Fsp3) is 0.286. The number of amides is 2. The smallest absolute Gasteiger partial charge is 0.335 e. The molecule has 15 nitrogen and oxygen atoms in total. The minimum atomic E-state index is -2.27. The van der Waals surface area contributed by atoms with Crippen LogP contribution in [-0.4, -0.2) is 113 Å². The standard InChI is InChI=1S/2C19H21N3O.C4H6O6.H3N/c2*1-13-5-8-15(9-6-13)19-16(11-18(23)21(3)4)22-12-14(2)7-10-17(22)20-19;5-1(3(7)8)2(6)4(9)10;/h2*5-10,12H,11H2,1-4H3;1-2,5-6H,(H,7,8)(H,9,10);1H3. The molecule has 0 saturated heterocycles. The number of carbonyl (C=O) groups excluding carboxylic acids is 2. The number of carboxylic acid groups (broad SMARTS) is 2. The molecule has 0 spiro atoms. The third-order valence-electron chi connectivity index (χ3n) is 8.82. The van der Waals surface area contributed by atoms with Crippen molar-refractivity contribution in [2.45, 2.75) is 52.7 Å². The van der Waals surface area contributed by atoms with Gasteiger partial charge in [0.25, 0.3) is 0 Å². The molecule has 7 N–H and O–H groups in total. The van der Waals surface area contributed by atoms with Crippen LogP contribution in [-0.2, 0) is 32.0 Å². The lowest BCUT2D eigenvalue weighted by Crippen LogP contribution is -2.39. The fourth-order valence-corrected chi connectivity index (χ4v) is 5.49. The first kappa shape index (κ1) is 45.0. The van der Waals surface area contributed by atoms with E-state index in [2.05, 4.69) is 62.4 Å². The summed E-state index contributed by atoms with van der Waals surface area (Å²) >= 11 is 0. The number of aliphatic hydroxyl groups is 2. The summed E-state index contributed by atoms with van der Waals surface area (Å²) in [5, 5.41) is 32.5. The van der Waals surface area contributed by atoms with E-state index in [4.69, 9.17) is 30.4 Å². The van der Waals surface area contributed by atoms with Gasteiger partial charge in [-0.2, -0.15) is 0 Å². The van der Waals surface area contributed by atoms with Crippen LogP contribution in [0.5, 0.6) is 0 Å². The topological polar surface area (TPSA) is 225 Å². The number of imidazole rings is 2. The lowest BCUT2D eigenvalue weighted by molar-refractivity contribution is -0.165. The molecule has 0 aliphatic heterocycles. The lowest BCUT2D eigenvalue weighted by atomic mass is 10.1. The van der Waals surface area contributed by atoms with Gasteiger partial charge in [0.2, 0.25) is 11.8 Å². The van der Waals surface area contributed by atoms with Gasteiger partial charge < -0.3 is 45.2 Å². The number of rotatable bonds is 9. The number of hydrogen-bond acceptors (Lipinski definition) is 9. The largest absolute Gasteiger partial charge is 0.479 e. The van der Waals surface area contributed by atoms with Gasteiger partial charge in [-0.15, -0.1) is 0 Å². The number of nitrogens with zero attached hydrogens (tertiary/aromatic N) is 6. The van der Waals surface area contributed by atoms with Crippen LogP contribution in [0.4, 0.5) is 0 Å². The molecule has 6 aromatic rings. The maximum atomic E-state index is 12.3. The molecule has 4 heterocycles. The first-order valence-corrected chi connectivity index (χ1v) is 17.7. The molecular weight excluding hydrogens is 731 g/mol. The second-order valence-corrected chi connectivity index (χ2v) is 13.9. The van der Waals surface area contributed by atoms with E-state index in [0.717, 1.165) is 56.3 Å². The summed E-state index contributed by atoms with van der Waals surface area (Å²) in [5.74, 6) is -3.40. The highest BCUT2D eigenvalue weighted by Crippen LogP contribution is 2.27. The van der Waals surface area contributed by atoms with Gasteiger partial charge in [0.15, 0.2) is 12.2 Å². The second-order valence-electron chi connectivity index (χ2n) is 13.9. The summed E-state index contributed by atoms with van der Waals surface area (Å²) in [7, 11) is 7.12. The Kier molecular flexibility index (Phi) is 15.3. The number of hydrogen-bond donors (Lipinski definition) is 5. The van der Waals surface area contributed by atoms with Crippen LogP contribution in [0.3, 0.4) is 0 Å². The molecule has 302 valence electrons. The zero-order valence-corrected chi connectivity index (χ0v) is 33.5. The van der Waals surface area contributed by atoms with Crippen molar-refractivity contribution >= 4 is 35.0 Å². The van der Waals surface area contributed by atoms with Crippen LogP contribution in [0.2, 0.25) is 0 Å². The summed E-state index contributed by atoms with van der Waals surface area (Å²) in [6, 6.07) is 24.6. The van der Waals surface area contributed by atoms with Crippen LogP contribution >= 0.6 is 0 Å². The molecule has 4 aromatic heterocycles. The number of pyridine rings is 2. The quantitative estimate of drug-likeness (QED) is 0.137. The molecule has 2 unspecified atom stereocenters. The maximum absolute atomic E-state index is 12.3. The van der Waals surface area contributed by atoms with Gasteiger partial charge in [0, 0.05) is 51.7 Å². The molecule has 15 heteroatoms. The van der Waals surface area contributed by atoms with E-state index < -0.39 is 24.1 Å². The van der Waals surface area contributed by atoms with Gasteiger partial charge in [0.05, 0.1) is 35.6 Å². The molecule has 0 radical (unpaired) electrons. The monoisotopic (exact) mass is 781 g/mol. The molecular formula is C42H51N7O8. The van der Waals surface area contributed by atoms with E-state index in [0.29, 0.717) is 12.8 Å². The van der Waals surface area contributed by atoms with E-state index >= 15 is 0 Å². The van der Waals surface area contributed by atoms with Crippen molar-refractivity contribution in [3.05, 3.63) is 119 Å². The predicted molar refractivity (Wildman–Crippen MR) is 217 cm³/mol. The molecule has 2 atom stereocenters. The Hall–Kier alpha value is -6.42. The summed E-state index contributed by atoms with van der Waals surface area (Å²) in [6.07, 6.45) is 0.216. The van der Waals surface area contributed by atoms with Gasteiger partial charge in [-0.3, -0.25) is 9.59 Å². The Labute approximate surface area is 331 Å². The maximum Gasteiger partial charge on any atom is 0.335 e.